The van der Waals surface area contributed by atoms with Gasteiger partial charge < -0.3 is 4.42 Å². The van der Waals surface area contributed by atoms with Crippen LogP contribution in [-0.2, 0) is 0 Å². The van der Waals surface area contributed by atoms with Crippen LogP contribution < -0.4 is 0 Å². The lowest BCUT2D eigenvalue weighted by Gasteiger charge is -1.96. The number of hydrogen-bond acceptors (Lipinski definition) is 3. The predicted octanol–water partition coefficient (Wildman–Crippen LogP) is 2.86. The van der Waals surface area contributed by atoms with Crippen LogP contribution in [0.5, 0.6) is 0 Å². The van der Waals surface area contributed by atoms with Crippen LogP contribution in [0, 0.1) is 22.7 Å². The van der Waals surface area contributed by atoms with Gasteiger partial charge >= 0.3 is 0 Å². The Hall–Kier alpha value is -2.52. The summed E-state index contributed by atoms with van der Waals surface area (Å²) in [5.74, 6) is 0. The van der Waals surface area contributed by atoms with Crippen LogP contribution in [0.2, 0.25) is 0 Å². The van der Waals surface area contributed by atoms with Gasteiger partial charge in [0.1, 0.15) is 11.7 Å². The Labute approximate surface area is 86.5 Å². The number of hydrogen-bond donors (Lipinski definition) is 0. The van der Waals surface area contributed by atoms with Crippen molar-refractivity contribution in [2.24, 2.45) is 0 Å². The molecule has 3 heteroatoms. The molecule has 0 unspecified atom stereocenters. The maximum atomic E-state index is 8.84. The number of furan rings is 1. The fraction of sp³-hybridized carbons (Fsp3) is 0. The van der Waals surface area contributed by atoms with Gasteiger partial charge in [0, 0.05) is 11.5 Å². The van der Waals surface area contributed by atoms with Crippen LogP contribution in [-0.4, -0.2) is 0 Å². The average molecular weight is 194 g/mol. The quantitative estimate of drug-likeness (QED) is 0.655. The van der Waals surface area contributed by atoms with E-state index in [1.807, 2.05) is 24.3 Å². The van der Waals surface area contributed by atoms with Gasteiger partial charge in [0.25, 0.3) is 0 Å². The predicted molar refractivity (Wildman–Crippen MR) is 55.4 cm³/mol. The zero-order chi connectivity index (χ0) is 10.7. The molecule has 0 atom stereocenters. The van der Waals surface area contributed by atoms with Crippen molar-refractivity contribution in [2.75, 3.05) is 0 Å². The van der Waals surface area contributed by atoms with Gasteiger partial charge in [-0.3, -0.25) is 0 Å². The van der Waals surface area contributed by atoms with E-state index in [1.54, 1.807) is 18.4 Å². The smallest absolute Gasteiger partial charge is 0.133 e. The number of rotatable bonds is 1. The highest BCUT2D eigenvalue weighted by Gasteiger charge is 2.03. The molecular weight excluding hydrogens is 188 g/mol. The zero-order valence-electron chi connectivity index (χ0n) is 7.77. The second-order valence-electron chi connectivity index (χ2n) is 2.97. The summed E-state index contributed by atoms with van der Waals surface area (Å²) < 4.78 is 5.18. The number of nitriles is 2. The highest BCUT2D eigenvalue weighted by Crippen LogP contribution is 2.21. The van der Waals surface area contributed by atoms with Gasteiger partial charge in [-0.25, -0.2) is 0 Å². The Morgan fingerprint density at radius 2 is 2.13 bits per heavy atom. The van der Waals surface area contributed by atoms with Crippen LogP contribution in [0.4, 0.5) is 0 Å². The van der Waals surface area contributed by atoms with Crippen molar-refractivity contribution < 1.29 is 4.42 Å². The minimum Gasteiger partial charge on any atom is -0.464 e. The van der Waals surface area contributed by atoms with E-state index in [0.717, 1.165) is 16.5 Å². The van der Waals surface area contributed by atoms with E-state index in [-0.39, 0.29) is 0 Å². The minimum absolute atomic E-state index is 0.362. The zero-order valence-corrected chi connectivity index (χ0v) is 7.77. The maximum Gasteiger partial charge on any atom is 0.133 e. The van der Waals surface area contributed by atoms with Gasteiger partial charge in [-0.1, -0.05) is 0 Å². The van der Waals surface area contributed by atoms with Gasteiger partial charge in [-0.15, -0.1) is 0 Å². The van der Waals surface area contributed by atoms with E-state index in [0.29, 0.717) is 5.57 Å². The average Bonchev–Trinajstić information content (AvgIpc) is 2.72. The van der Waals surface area contributed by atoms with Gasteiger partial charge in [-0.2, -0.15) is 10.5 Å². The molecule has 2 rings (SSSR count). The largest absolute Gasteiger partial charge is 0.464 e. The van der Waals surface area contributed by atoms with Crippen molar-refractivity contribution in [3.05, 3.63) is 42.2 Å². The number of allylic oxidation sites excluding steroid dienone is 2. The Kier molecular flexibility index (Phi) is 2.23. The summed E-state index contributed by atoms with van der Waals surface area (Å²) in [4.78, 5) is 0. The van der Waals surface area contributed by atoms with E-state index < -0.39 is 0 Å². The first-order valence-electron chi connectivity index (χ1n) is 4.32. The van der Waals surface area contributed by atoms with Crippen LogP contribution in [0.25, 0.3) is 16.5 Å². The van der Waals surface area contributed by atoms with Crippen molar-refractivity contribution in [3.8, 4) is 12.1 Å². The van der Waals surface area contributed by atoms with Crippen molar-refractivity contribution in [1.82, 2.24) is 0 Å². The van der Waals surface area contributed by atoms with Gasteiger partial charge in [0.05, 0.1) is 17.9 Å². The van der Waals surface area contributed by atoms with Crippen molar-refractivity contribution >= 4 is 16.5 Å². The normalized spacial score (nSPS) is 10.9. The molecule has 1 heterocycles. The summed E-state index contributed by atoms with van der Waals surface area (Å²) >= 11 is 0. The third kappa shape index (κ3) is 1.59. The van der Waals surface area contributed by atoms with E-state index in [2.05, 4.69) is 0 Å². The third-order valence-corrected chi connectivity index (χ3v) is 2.09. The van der Waals surface area contributed by atoms with Crippen LogP contribution >= 0.6 is 0 Å². The van der Waals surface area contributed by atoms with Gasteiger partial charge in [0.15, 0.2) is 0 Å². The Morgan fingerprint density at radius 1 is 1.27 bits per heavy atom. The Bertz CT molecular complexity index is 608. The highest BCUT2D eigenvalue weighted by atomic mass is 16.3. The second-order valence-corrected chi connectivity index (χ2v) is 2.97. The molecule has 0 fully saturated rings. The molecule has 0 amide bonds. The van der Waals surface area contributed by atoms with Crippen molar-refractivity contribution in [3.63, 3.8) is 0 Å². The van der Waals surface area contributed by atoms with Crippen molar-refractivity contribution in [2.45, 2.75) is 0 Å². The summed E-state index contributed by atoms with van der Waals surface area (Å²) in [6.45, 7) is 0. The molecule has 1 aromatic carbocycles. The maximum absolute atomic E-state index is 8.84. The first-order valence-corrected chi connectivity index (χ1v) is 4.32. The molecule has 0 aliphatic carbocycles. The second kappa shape index (κ2) is 3.69. The van der Waals surface area contributed by atoms with E-state index in [1.165, 1.54) is 6.08 Å². The molecule has 70 valence electrons. The van der Waals surface area contributed by atoms with Crippen LogP contribution in [0.15, 0.2) is 41.0 Å². The van der Waals surface area contributed by atoms with Crippen molar-refractivity contribution in [1.29, 1.82) is 10.5 Å². The summed E-state index contributed by atoms with van der Waals surface area (Å²) in [5, 5.41) is 18.3. The summed E-state index contributed by atoms with van der Waals surface area (Å²) in [5.41, 5.74) is 1.86. The number of nitrogens with zero attached hydrogens (tertiary/aromatic N) is 2. The molecule has 0 N–H and O–H groups in total. The Balaban J connectivity index is 2.58. The molecule has 0 aliphatic rings. The fourth-order valence-electron chi connectivity index (χ4n) is 1.38. The SMILES string of the molecule is N#CC=C(C#N)c1ccc2occc2c1. The molecule has 0 aliphatic heterocycles. The monoisotopic (exact) mass is 194 g/mol. The molecule has 0 radical (unpaired) electrons. The minimum atomic E-state index is 0.362. The summed E-state index contributed by atoms with van der Waals surface area (Å²) in [6.07, 6.45) is 2.83. The molecule has 0 bridgehead atoms. The van der Waals surface area contributed by atoms with E-state index in [9.17, 15) is 0 Å². The van der Waals surface area contributed by atoms with Crippen LogP contribution in [0.3, 0.4) is 0 Å². The first kappa shape index (κ1) is 9.05. The lowest BCUT2D eigenvalue weighted by Crippen LogP contribution is -1.80. The molecular formula is C12H6N2O. The molecule has 3 nitrogen and oxygen atoms in total. The van der Waals surface area contributed by atoms with Gasteiger partial charge in [0.2, 0.25) is 0 Å². The topological polar surface area (TPSA) is 60.7 Å². The third-order valence-electron chi connectivity index (χ3n) is 2.09. The molecule has 0 saturated carbocycles. The van der Waals surface area contributed by atoms with E-state index >= 15 is 0 Å². The highest BCUT2D eigenvalue weighted by molar-refractivity contribution is 5.86. The van der Waals surface area contributed by atoms with E-state index in [4.69, 9.17) is 14.9 Å². The molecule has 2 aromatic rings. The van der Waals surface area contributed by atoms with Gasteiger partial charge in [-0.05, 0) is 29.8 Å². The lowest BCUT2D eigenvalue weighted by molar-refractivity contribution is 0.616. The lowest BCUT2D eigenvalue weighted by atomic mass is 10.1. The Morgan fingerprint density at radius 3 is 2.87 bits per heavy atom. The first-order chi connectivity index (χ1) is 7.35. The van der Waals surface area contributed by atoms with Crippen LogP contribution in [0.1, 0.15) is 5.56 Å². The standard InChI is InChI=1S/C12H6N2O/c13-5-3-11(8-14)9-1-2-12-10(7-9)4-6-15-12/h1-4,6-7H. The summed E-state index contributed by atoms with van der Waals surface area (Å²) in [6, 6.07) is 11.0. The molecule has 0 spiro atoms. The molecule has 1 aromatic heterocycles. The number of fused-ring (bicyclic) bond motifs is 1. The fourth-order valence-corrected chi connectivity index (χ4v) is 1.38. The molecule has 0 saturated heterocycles. The number of benzene rings is 1. The molecule has 15 heavy (non-hydrogen) atoms. The summed E-state index contributed by atoms with van der Waals surface area (Å²) in [7, 11) is 0.